The lowest BCUT2D eigenvalue weighted by Gasteiger charge is -1.99. The summed E-state index contributed by atoms with van der Waals surface area (Å²) in [6.45, 7) is 0.764. The zero-order chi connectivity index (χ0) is 9.26. The van der Waals surface area contributed by atoms with Crippen molar-refractivity contribution in [3.05, 3.63) is 28.7 Å². The van der Waals surface area contributed by atoms with Gasteiger partial charge in [-0.15, -0.1) is 0 Å². The van der Waals surface area contributed by atoms with Crippen molar-refractivity contribution in [1.82, 2.24) is 0 Å². The van der Waals surface area contributed by atoms with Gasteiger partial charge in [-0.3, -0.25) is 4.21 Å². The largest absolute Gasteiger partial charge is 0.372 e. The average Bonchev–Trinajstić information content (AvgIpc) is 2.88. The quantitative estimate of drug-likeness (QED) is 0.778. The van der Waals surface area contributed by atoms with E-state index in [0.29, 0.717) is 5.75 Å². The van der Waals surface area contributed by atoms with E-state index in [1.807, 2.05) is 24.3 Å². The Labute approximate surface area is 87.9 Å². The van der Waals surface area contributed by atoms with E-state index in [0.717, 1.165) is 16.0 Å². The second-order valence-corrected chi connectivity index (χ2v) is 5.34. The number of benzene rings is 1. The van der Waals surface area contributed by atoms with Gasteiger partial charge in [-0.2, -0.15) is 0 Å². The van der Waals surface area contributed by atoms with Crippen LogP contribution in [0.3, 0.4) is 0 Å². The third-order valence-electron chi connectivity index (χ3n) is 1.80. The number of rotatable bonds is 3. The lowest BCUT2D eigenvalue weighted by Crippen LogP contribution is -2.03. The van der Waals surface area contributed by atoms with Crippen LogP contribution in [0.25, 0.3) is 0 Å². The fourth-order valence-corrected chi connectivity index (χ4v) is 2.80. The highest BCUT2D eigenvalue weighted by Gasteiger charge is 2.25. The Bertz CT molecular complexity index is 336. The molecule has 1 saturated heterocycles. The van der Waals surface area contributed by atoms with Crippen LogP contribution in [0.4, 0.5) is 0 Å². The minimum absolute atomic E-state index is 0.222. The van der Waals surface area contributed by atoms with Crippen LogP contribution >= 0.6 is 15.9 Å². The van der Waals surface area contributed by atoms with Crippen molar-refractivity contribution in [1.29, 1.82) is 0 Å². The van der Waals surface area contributed by atoms with Crippen LogP contribution in [0.15, 0.2) is 33.6 Å². The average molecular weight is 261 g/mol. The topological polar surface area (TPSA) is 29.6 Å². The van der Waals surface area contributed by atoms with Crippen molar-refractivity contribution in [2.45, 2.75) is 11.0 Å². The van der Waals surface area contributed by atoms with Crippen LogP contribution in [0.5, 0.6) is 0 Å². The summed E-state index contributed by atoms with van der Waals surface area (Å²) < 4.78 is 17.7. The van der Waals surface area contributed by atoms with E-state index in [2.05, 4.69) is 15.9 Å². The van der Waals surface area contributed by atoms with Gasteiger partial charge in [0.05, 0.1) is 29.3 Å². The van der Waals surface area contributed by atoms with Crippen LogP contribution in [0, 0.1) is 0 Å². The molecule has 0 N–H and O–H groups in total. The number of halogens is 1. The van der Waals surface area contributed by atoms with Gasteiger partial charge in [0.15, 0.2) is 0 Å². The number of hydrogen-bond acceptors (Lipinski definition) is 2. The Balaban J connectivity index is 2.09. The van der Waals surface area contributed by atoms with E-state index in [4.69, 9.17) is 4.74 Å². The van der Waals surface area contributed by atoms with E-state index in [1.165, 1.54) is 0 Å². The summed E-state index contributed by atoms with van der Waals surface area (Å²) in [6.07, 6.45) is 0.222. The SMILES string of the molecule is O=S(C[C@@H]1CO1)c1cccc(Br)c1. The molecule has 0 bridgehead atoms. The molecular weight excluding hydrogens is 252 g/mol. The summed E-state index contributed by atoms with van der Waals surface area (Å²) in [5, 5.41) is 0. The van der Waals surface area contributed by atoms with Gasteiger partial charge in [0.2, 0.25) is 0 Å². The molecular formula is C9H9BrO2S. The van der Waals surface area contributed by atoms with Crippen LogP contribution in [-0.2, 0) is 15.5 Å². The van der Waals surface area contributed by atoms with E-state index < -0.39 is 10.8 Å². The maximum Gasteiger partial charge on any atom is 0.0928 e. The second-order valence-electron chi connectivity index (χ2n) is 2.92. The van der Waals surface area contributed by atoms with E-state index in [-0.39, 0.29) is 6.10 Å². The highest BCUT2D eigenvalue weighted by molar-refractivity contribution is 9.10. The van der Waals surface area contributed by atoms with Gasteiger partial charge in [0, 0.05) is 9.37 Å². The van der Waals surface area contributed by atoms with Crippen LogP contribution in [0.1, 0.15) is 0 Å². The summed E-state index contributed by atoms with van der Waals surface area (Å²) >= 11 is 3.35. The smallest absolute Gasteiger partial charge is 0.0928 e. The molecule has 0 spiro atoms. The predicted molar refractivity (Wildman–Crippen MR) is 55.2 cm³/mol. The maximum absolute atomic E-state index is 11.7. The first-order chi connectivity index (χ1) is 6.25. The fourth-order valence-electron chi connectivity index (χ4n) is 1.04. The van der Waals surface area contributed by atoms with Gasteiger partial charge in [0.25, 0.3) is 0 Å². The summed E-state index contributed by atoms with van der Waals surface area (Å²) in [6, 6.07) is 7.58. The fraction of sp³-hybridized carbons (Fsp3) is 0.333. The molecule has 2 nitrogen and oxygen atoms in total. The third kappa shape index (κ3) is 2.62. The minimum Gasteiger partial charge on any atom is -0.372 e. The molecule has 70 valence electrons. The molecule has 13 heavy (non-hydrogen) atoms. The van der Waals surface area contributed by atoms with E-state index in [9.17, 15) is 4.21 Å². The Morgan fingerprint density at radius 1 is 1.62 bits per heavy atom. The second kappa shape index (κ2) is 3.90. The molecule has 0 saturated carbocycles. The summed E-state index contributed by atoms with van der Waals surface area (Å²) in [5.74, 6) is 0.621. The van der Waals surface area contributed by atoms with E-state index >= 15 is 0 Å². The van der Waals surface area contributed by atoms with Crippen LogP contribution < -0.4 is 0 Å². The predicted octanol–water partition coefficient (Wildman–Crippen LogP) is 1.96. The van der Waals surface area contributed by atoms with Gasteiger partial charge in [-0.05, 0) is 18.2 Å². The summed E-state index contributed by atoms with van der Waals surface area (Å²) in [4.78, 5) is 0.866. The molecule has 2 rings (SSSR count). The van der Waals surface area contributed by atoms with Crippen molar-refractivity contribution in [3.63, 3.8) is 0 Å². The highest BCUT2D eigenvalue weighted by atomic mass is 79.9. The Kier molecular flexibility index (Phi) is 2.81. The molecule has 1 unspecified atom stereocenters. The molecule has 0 radical (unpaired) electrons. The van der Waals surface area contributed by atoms with Gasteiger partial charge in [-0.1, -0.05) is 22.0 Å². The maximum atomic E-state index is 11.7. The molecule has 4 heteroatoms. The molecule has 2 atom stereocenters. The lowest BCUT2D eigenvalue weighted by molar-refractivity contribution is 0.425. The first kappa shape index (κ1) is 9.37. The van der Waals surface area contributed by atoms with Crippen molar-refractivity contribution in [2.24, 2.45) is 0 Å². The number of hydrogen-bond donors (Lipinski definition) is 0. The zero-order valence-corrected chi connectivity index (χ0v) is 9.31. The van der Waals surface area contributed by atoms with Crippen molar-refractivity contribution in [2.75, 3.05) is 12.4 Å². The molecule has 1 aliphatic rings. The van der Waals surface area contributed by atoms with Crippen molar-refractivity contribution in [3.8, 4) is 0 Å². The van der Waals surface area contributed by atoms with Crippen LogP contribution in [-0.4, -0.2) is 22.7 Å². The summed E-state index contributed by atoms with van der Waals surface area (Å²) in [7, 11) is -0.916. The van der Waals surface area contributed by atoms with Gasteiger partial charge in [0.1, 0.15) is 0 Å². The molecule has 0 aromatic heterocycles. The monoisotopic (exact) mass is 260 g/mol. The third-order valence-corrected chi connectivity index (χ3v) is 3.75. The van der Waals surface area contributed by atoms with Gasteiger partial charge in [-0.25, -0.2) is 0 Å². The first-order valence-electron chi connectivity index (χ1n) is 4.01. The summed E-state index contributed by atoms with van der Waals surface area (Å²) in [5.41, 5.74) is 0. The Morgan fingerprint density at radius 3 is 3.00 bits per heavy atom. The standard InChI is InChI=1S/C9H9BrO2S/c10-7-2-1-3-9(4-7)13(11)6-8-5-12-8/h1-4,8H,5-6H2/t8-,13?/m0/s1. The molecule has 1 aromatic rings. The molecule has 1 aliphatic heterocycles. The van der Waals surface area contributed by atoms with Crippen LogP contribution in [0.2, 0.25) is 0 Å². The Hall–Kier alpha value is -0.190. The number of epoxide rings is 1. The molecule has 1 aromatic carbocycles. The zero-order valence-electron chi connectivity index (χ0n) is 6.90. The molecule has 0 aliphatic carbocycles. The van der Waals surface area contributed by atoms with Crippen molar-refractivity contribution >= 4 is 26.7 Å². The van der Waals surface area contributed by atoms with Gasteiger partial charge >= 0.3 is 0 Å². The minimum atomic E-state index is -0.916. The highest BCUT2D eigenvalue weighted by Crippen LogP contribution is 2.18. The molecule has 1 fully saturated rings. The lowest BCUT2D eigenvalue weighted by atomic mass is 10.4. The first-order valence-corrected chi connectivity index (χ1v) is 6.12. The Morgan fingerprint density at radius 2 is 2.38 bits per heavy atom. The normalized spacial score (nSPS) is 22.7. The molecule has 0 amide bonds. The number of ether oxygens (including phenoxy) is 1. The molecule has 1 heterocycles. The van der Waals surface area contributed by atoms with Gasteiger partial charge < -0.3 is 4.74 Å². The van der Waals surface area contributed by atoms with Crippen molar-refractivity contribution < 1.29 is 8.95 Å². The van der Waals surface area contributed by atoms with E-state index in [1.54, 1.807) is 0 Å².